The fourth-order valence-electron chi connectivity index (χ4n) is 2.78. The van der Waals surface area contributed by atoms with Gasteiger partial charge in [-0.1, -0.05) is 13.8 Å². The van der Waals surface area contributed by atoms with Gasteiger partial charge in [-0.25, -0.2) is 4.99 Å². The van der Waals surface area contributed by atoms with Crippen molar-refractivity contribution in [3.63, 3.8) is 0 Å². The predicted molar refractivity (Wildman–Crippen MR) is 83.3 cm³/mol. The van der Waals surface area contributed by atoms with E-state index in [2.05, 4.69) is 44.5 Å². The Bertz CT molecular complexity index is 392. The first-order chi connectivity index (χ1) is 8.61. The van der Waals surface area contributed by atoms with Gasteiger partial charge >= 0.3 is 0 Å². The highest BCUT2D eigenvalue weighted by Crippen LogP contribution is 2.45. The molecule has 0 heterocycles. The molecule has 0 aromatic heterocycles. The Kier molecular flexibility index (Phi) is 4.93. The number of hydrogen-bond donors (Lipinski definition) is 1. The molecule has 0 aromatic carbocycles. The van der Waals surface area contributed by atoms with Crippen LogP contribution in [0.25, 0.3) is 0 Å². The molecule has 1 atom stereocenters. The van der Waals surface area contributed by atoms with Crippen LogP contribution in [0.3, 0.4) is 0 Å². The zero-order valence-corrected chi connectivity index (χ0v) is 13.8. The number of nitrogens with zero attached hydrogens (tertiary/aromatic N) is 2. The van der Waals surface area contributed by atoms with E-state index in [1.54, 1.807) is 6.34 Å². The van der Waals surface area contributed by atoms with E-state index in [-0.39, 0.29) is 16.2 Å². The van der Waals surface area contributed by atoms with E-state index in [1.165, 1.54) is 12.7 Å². The fourth-order valence-corrected chi connectivity index (χ4v) is 2.97. The summed E-state index contributed by atoms with van der Waals surface area (Å²) in [5.41, 5.74) is 0.0843. The normalized spacial score (nSPS) is 20.4. The minimum atomic E-state index is -1.32. The van der Waals surface area contributed by atoms with Gasteiger partial charge in [-0.3, -0.25) is 9.62 Å². The Balaban J connectivity index is 3.03. The van der Waals surface area contributed by atoms with Crippen molar-refractivity contribution in [3.8, 4) is 0 Å². The summed E-state index contributed by atoms with van der Waals surface area (Å²) in [7, 11) is -1.32. The highest BCUT2D eigenvalue weighted by Gasteiger charge is 2.47. The molecule has 1 aliphatic rings. The molecule has 1 aliphatic carbocycles. The molecule has 1 rings (SSSR count). The molecule has 1 saturated carbocycles. The highest BCUT2D eigenvalue weighted by molar-refractivity contribution is 7.99. The second-order valence-corrected chi connectivity index (χ2v) is 7.95. The van der Waals surface area contributed by atoms with Gasteiger partial charge < -0.3 is 4.90 Å². The minimum Gasteiger partial charge on any atom is -0.352 e. The third kappa shape index (κ3) is 3.44. The lowest BCUT2D eigenvalue weighted by Crippen LogP contribution is -2.62. The Morgan fingerprint density at radius 1 is 1.42 bits per heavy atom. The minimum absolute atomic E-state index is 0.0519. The summed E-state index contributed by atoms with van der Waals surface area (Å²) in [4.78, 5) is 6.38. The summed E-state index contributed by atoms with van der Waals surface area (Å²) in [5.74, 6) is 0.535. The topological polar surface area (TPSA) is 56.5 Å². The largest absolute Gasteiger partial charge is 0.352 e. The van der Waals surface area contributed by atoms with Crippen LogP contribution in [0.5, 0.6) is 0 Å². The van der Waals surface area contributed by atoms with Crippen LogP contribution in [-0.4, -0.2) is 37.9 Å². The van der Waals surface area contributed by atoms with Gasteiger partial charge in [0.25, 0.3) is 0 Å². The quantitative estimate of drug-likeness (QED) is 0.640. The molecule has 1 fully saturated rings. The zero-order chi connectivity index (χ0) is 14.8. The predicted octanol–water partition coefficient (Wildman–Crippen LogP) is 3.01. The maximum atomic E-state index is 11.2. The number of amidine groups is 1. The van der Waals surface area contributed by atoms with Crippen LogP contribution in [0.15, 0.2) is 4.99 Å². The van der Waals surface area contributed by atoms with Crippen LogP contribution < -0.4 is 0 Å². The average molecular weight is 285 g/mol. The van der Waals surface area contributed by atoms with Gasteiger partial charge in [0, 0.05) is 17.3 Å². The van der Waals surface area contributed by atoms with E-state index in [1.807, 2.05) is 0 Å². The molecule has 1 unspecified atom stereocenters. The summed E-state index contributed by atoms with van der Waals surface area (Å²) >= 11 is 0. The number of hydrogen-bond acceptors (Lipinski definition) is 2. The second-order valence-electron chi connectivity index (χ2n) is 6.66. The van der Waals surface area contributed by atoms with E-state index in [4.69, 9.17) is 5.41 Å². The zero-order valence-electron chi connectivity index (χ0n) is 13.0. The lowest BCUT2D eigenvalue weighted by molar-refractivity contribution is -0.0176. The Hall–Kier alpha value is -0.710. The molecule has 110 valence electrons. The molecule has 0 saturated heterocycles. The summed E-state index contributed by atoms with van der Waals surface area (Å²) in [6.45, 7) is 11.0. The second kappa shape index (κ2) is 5.73. The molecular formula is C14H27N3OS. The number of nitrogens with one attached hydrogen (secondary N) is 1. The van der Waals surface area contributed by atoms with Crippen molar-refractivity contribution in [2.75, 3.05) is 6.26 Å². The van der Waals surface area contributed by atoms with Crippen molar-refractivity contribution < 1.29 is 4.21 Å². The Morgan fingerprint density at radius 2 is 1.95 bits per heavy atom. The number of aliphatic imine (C=N–C) groups is 1. The monoisotopic (exact) mass is 285 g/mol. The van der Waals surface area contributed by atoms with Crippen LogP contribution in [0, 0.1) is 11.3 Å². The van der Waals surface area contributed by atoms with Gasteiger partial charge in [-0.15, -0.1) is 0 Å². The van der Waals surface area contributed by atoms with Gasteiger partial charge in [0.05, 0.1) is 17.1 Å². The smallest absolute Gasteiger partial charge is 0.212 e. The van der Waals surface area contributed by atoms with Gasteiger partial charge in [0.1, 0.15) is 0 Å². The van der Waals surface area contributed by atoms with E-state index in [0.29, 0.717) is 5.92 Å². The highest BCUT2D eigenvalue weighted by atomic mass is 32.2. The van der Waals surface area contributed by atoms with Crippen molar-refractivity contribution >= 4 is 22.3 Å². The first-order valence-electron chi connectivity index (χ1n) is 6.87. The summed E-state index contributed by atoms with van der Waals surface area (Å²) in [5, 5.41) is 7.54. The number of rotatable bonds is 3. The molecule has 4 nitrogen and oxygen atoms in total. The SMILES string of the molecule is CC(C)C1(N(C=NC(=N)S(C)=O)C(C)(C)C)CCC1. The molecule has 1 N–H and O–H groups in total. The van der Waals surface area contributed by atoms with Crippen LogP contribution in [0.4, 0.5) is 0 Å². The standard InChI is InChI=1S/C14H27N3OS/c1-11(2)14(8-7-9-14)17(13(3,4)5)10-16-12(15)19(6)18/h10-11,15H,7-9H2,1-6H3. The van der Waals surface area contributed by atoms with Gasteiger partial charge in [-0.2, -0.15) is 0 Å². The molecule has 0 amide bonds. The lowest BCUT2D eigenvalue weighted by Gasteiger charge is -2.57. The van der Waals surface area contributed by atoms with Crippen LogP contribution in [-0.2, 0) is 10.8 Å². The van der Waals surface area contributed by atoms with Gasteiger partial charge in [0.2, 0.25) is 5.17 Å². The van der Waals surface area contributed by atoms with E-state index < -0.39 is 10.8 Å². The van der Waals surface area contributed by atoms with Crippen molar-refractivity contribution in [3.05, 3.63) is 0 Å². The summed E-state index contributed by atoms with van der Waals surface area (Å²) in [6, 6.07) is 0. The Morgan fingerprint density at radius 3 is 2.21 bits per heavy atom. The van der Waals surface area contributed by atoms with Crippen molar-refractivity contribution in [2.45, 2.75) is 65.0 Å². The fraction of sp³-hybridized carbons (Fsp3) is 0.857. The average Bonchev–Trinajstić information content (AvgIpc) is 2.18. The van der Waals surface area contributed by atoms with Crippen LogP contribution in [0.2, 0.25) is 0 Å². The third-order valence-electron chi connectivity index (χ3n) is 4.06. The summed E-state index contributed by atoms with van der Waals surface area (Å²) in [6.07, 6.45) is 6.80. The van der Waals surface area contributed by atoms with Crippen molar-refractivity contribution in [2.24, 2.45) is 10.9 Å². The van der Waals surface area contributed by atoms with Crippen LogP contribution in [0.1, 0.15) is 53.9 Å². The maximum absolute atomic E-state index is 11.2. The molecular weight excluding hydrogens is 258 g/mol. The molecule has 0 aliphatic heterocycles. The molecule has 0 bridgehead atoms. The summed E-state index contributed by atoms with van der Waals surface area (Å²) < 4.78 is 11.2. The molecule has 19 heavy (non-hydrogen) atoms. The molecule has 0 radical (unpaired) electrons. The maximum Gasteiger partial charge on any atom is 0.212 e. The van der Waals surface area contributed by atoms with Crippen molar-refractivity contribution in [1.82, 2.24) is 4.90 Å². The van der Waals surface area contributed by atoms with E-state index in [9.17, 15) is 4.21 Å². The lowest BCUT2D eigenvalue weighted by atomic mass is 9.67. The first-order valence-corrected chi connectivity index (χ1v) is 8.42. The first kappa shape index (κ1) is 16.3. The molecule has 5 heteroatoms. The third-order valence-corrected chi connectivity index (χ3v) is 4.71. The Labute approximate surface area is 119 Å². The van der Waals surface area contributed by atoms with E-state index >= 15 is 0 Å². The van der Waals surface area contributed by atoms with Gasteiger partial charge in [0.15, 0.2) is 0 Å². The van der Waals surface area contributed by atoms with Crippen LogP contribution >= 0.6 is 0 Å². The van der Waals surface area contributed by atoms with Crippen molar-refractivity contribution in [1.29, 1.82) is 5.41 Å². The molecule has 0 spiro atoms. The molecule has 0 aromatic rings. The van der Waals surface area contributed by atoms with Gasteiger partial charge in [-0.05, 0) is 46.0 Å². The van der Waals surface area contributed by atoms with E-state index in [0.717, 1.165) is 12.8 Å².